The fraction of sp³-hybridized carbons (Fsp3) is 0.571. The summed E-state index contributed by atoms with van der Waals surface area (Å²) in [6, 6.07) is 0. The third kappa shape index (κ3) is 1.10. The van der Waals surface area contributed by atoms with Crippen molar-refractivity contribution in [3.05, 3.63) is 17.8 Å². The molecule has 1 aromatic rings. The first-order chi connectivity index (χ1) is 5.62. The predicted molar refractivity (Wildman–Crippen MR) is 34.6 cm³/mol. The lowest BCUT2D eigenvalue weighted by Crippen LogP contribution is -2.01. The van der Waals surface area contributed by atoms with Gasteiger partial charge in [-0.05, 0) is 12.8 Å². The Morgan fingerprint density at radius 2 is 2.25 bits per heavy atom. The molecule has 0 amide bonds. The number of aromatic nitrogens is 1. The maximum atomic E-state index is 12.0. The van der Waals surface area contributed by atoms with Crippen LogP contribution < -0.4 is 0 Å². The summed E-state index contributed by atoms with van der Waals surface area (Å²) < 4.78 is 28.6. The second kappa shape index (κ2) is 2.26. The molecule has 3 nitrogen and oxygen atoms in total. The van der Waals surface area contributed by atoms with Crippen LogP contribution >= 0.6 is 0 Å². The van der Waals surface area contributed by atoms with E-state index < -0.39 is 17.9 Å². The van der Waals surface area contributed by atoms with Gasteiger partial charge in [0.25, 0.3) is 5.89 Å². The SMILES string of the molecule is OC1(c2cnc(C(F)F)o2)CC1. The van der Waals surface area contributed by atoms with Crippen LogP contribution in [-0.2, 0) is 5.60 Å². The van der Waals surface area contributed by atoms with Gasteiger partial charge in [0.1, 0.15) is 5.60 Å². The van der Waals surface area contributed by atoms with Gasteiger partial charge in [0.15, 0.2) is 5.76 Å². The Morgan fingerprint density at radius 1 is 1.58 bits per heavy atom. The lowest BCUT2D eigenvalue weighted by Gasteiger charge is -1.99. The van der Waals surface area contributed by atoms with Crippen LogP contribution in [0.3, 0.4) is 0 Å². The summed E-state index contributed by atoms with van der Waals surface area (Å²) >= 11 is 0. The standard InChI is InChI=1S/C7H7F2NO2/c8-5(9)6-10-3-4(12-6)7(11)1-2-7/h3,5,11H,1-2H2. The van der Waals surface area contributed by atoms with Gasteiger partial charge in [-0.3, -0.25) is 0 Å². The minimum absolute atomic E-state index is 0.151. The molecule has 0 aromatic carbocycles. The molecule has 2 rings (SSSR count). The largest absolute Gasteiger partial charge is 0.437 e. The van der Waals surface area contributed by atoms with Gasteiger partial charge in [0, 0.05) is 0 Å². The van der Waals surface area contributed by atoms with E-state index >= 15 is 0 Å². The summed E-state index contributed by atoms with van der Waals surface area (Å²) in [6.07, 6.45) is -0.425. The molecule has 1 aromatic heterocycles. The van der Waals surface area contributed by atoms with E-state index in [2.05, 4.69) is 9.40 Å². The van der Waals surface area contributed by atoms with Crippen LogP contribution in [0.2, 0.25) is 0 Å². The van der Waals surface area contributed by atoms with Gasteiger partial charge < -0.3 is 9.52 Å². The topological polar surface area (TPSA) is 46.3 Å². The van der Waals surface area contributed by atoms with Gasteiger partial charge >= 0.3 is 6.43 Å². The van der Waals surface area contributed by atoms with Crippen molar-refractivity contribution in [3.8, 4) is 0 Å². The molecule has 1 heterocycles. The molecule has 0 spiro atoms. The Morgan fingerprint density at radius 3 is 2.67 bits per heavy atom. The zero-order valence-electron chi connectivity index (χ0n) is 6.13. The van der Waals surface area contributed by atoms with Crippen molar-refractivity contribution in [1.82, 2.24) is 4.98 Å². The van der Waals surface area contributed by atoms with Gasteiger partial charge in [0.05, 0.1) is 6.20 Å². The van der Waals surface area contributed by atoms with Crippen molar-refractivity contribution in [2.45, 2.75) is 24.9 Å². The van der Waals surface area contributed by atoms with E-state index in [1.165, 1.54) is 0 Å². The van der Waals surface area contributed by atoms with Crippen LogP contribution in [0.15, 0.2) is 10.6 Å². The lowest BCUT2D eigenvalue weighted by atomic mass is 10.3. The van der Waals surface area contributed by atoms with E-state index in [0.29, 0.717) is 12.8 Å². The van der Waals surface area contributed by atoms with E-state index in [0.717, 1.165) is 6.20 Å². The van der Waals surface area contributed by atoms with Gasteiger partial charge in [-0.2, -0.15) is 8.78 Å². The molecule has 1 N–H and O–H groups in total. The van der Waals surface area contributed by atoms with Gasteiger partial charge in [-0.25, -0.2) is 4.98 Å². The minimum Gasteiger partial charge on any atom is -0.437 e. The second-order valence-corrected chi connectivity index (χ2v) is 2.90. The Kier molecular flexibility index (Phi) is 1.44. The van der Waals surface area contributed by atoms with Crippen LogP contribution in [0.1, 0.15) is 30.9 Å². The Hall–Kier alpha value is -0.970. The number of rotatable bonds is 2. The number of halogens is 2. The van der Waals surface area contributed by atoms with Gasteiger partial charge in [-0.15, -0.1) is 0 Å². The molecule has 12 heavy (non-hydrogen) atoms. The minimum atomic E-state index is -2.71. The monoisotopic (exact) mass is 175 g/mol. The molecule has 1 aliphatic carbocycles. The third-order valence-corrected chi connectivity index (χ3v) is 1.89. The van der Waals surface area contributed by atoms with Crippen molar-refractivity contribution in [2.75, 3.05) is 0 Å². The third-order valence-electron chi connectivity index (χ3n) is 1.89. The first-order valence-corrected chi connectivity index (χ1v) is 3.58. The number of hydrogen-bond donors (Lipinski definition) is 1. The number of alkyl halides is 2. The van der Waals surface area contributed by atoms with Crippen LogP contribution in [0.25, 0.3) is 0 Å². The normalized spacial score (nSPS) is 20.0. The molecule has 1 aliphatic rings. The summed E-state index contributed by atoms with van der Waals surface area (Å²) in [5.41, 5.74) is -1.01. The van der Waals surface area contributed by atoms with E-state index in [1.807, 2.05) is 0 Å². The Balaban J connectivity index is 2.25. The zero-order chi connectivity index (χ0) is 8.77. The molecule has 0 saturated heterocycles. The molecule has 0 unspecified atom stereocenters. The Labute approximate surface area is 67.0 Å². The highest BCUT2D eigenvalue weighted by Gasteiger charge is 2.46. The number of aliphatic hydroxyl groups is 1. The van der Waals surface area contributed by atoms with Crippen molar-refractivity contribution in [2.24, 2.45) is 0 Å². The molecule has 0 bridgehead atoms. The molecular weight excluding hydrogens is 168 g/mol. The number of nitrogens with zero attached hydrogens (tertiary/aromatic N) is 1. The Bertz CT molecular complexity index is 293. The molecule has 0 aliphatic heterocycles. The fourth-order valence-corrected chi connectivity index (χ4v) is 0.968. The van der Waals surface area contributed by atoms with E-state index in [-0.39, 0.29) is 5.76 Å². The first-order valence-electron chi connectivity index (χ1n) is 3.58. The maximum Gasteiger partial charge on any atom is 0.313 e. The lowest BCUT2D eigenvalue weighted by molar-refractivity contribution is 0.0901. The average molecular weight is 175 g/mol. The van der Waals surface area contributed by atoms with Crippen LogP contribution in [-0.4, -0.2) is 10.1 Å². The molecule has 0 radical (unpaired) electrons. The smallest absolute Gasteiger partial charge is 0.313 e. The van der Waals surface area contributed by atoms with Gasteiger partial charge in [-0.1, -0.05) is 0 Å². The van der Waals surface area contributed by atoms with Crippen LogP contribution in [0.4, 0.5) is 8.78 Å². The summed E-state index contributed by atoms with van der Waals surface area (Å²) in [5.74, 6) is -0.469. The summed E-state index contributed by atoms with van der Waals surface area (Å²) in [4.78, 5) is 3.35. The van der Waals surface area contributed by atoms with E-state index in [4.69, 9.17) is 0 Å². The first kappa shape index (κ1) is 7.67. The molecule has 1 fully saturated rings. The van der Waals surface area contributed by atoms with Crippen molar-refractivity contribution in [1.29, 1.82) is 0 Å². The molecular formula is C7H7F2NO2. The average Bonchev–Trinajstić information content (AvgIpc) is 2.61. The summed E-state index contributed by atoms with van der Waals surface area (Å²) in [7, 11) is 0. The maximum absolute atomic E-state index is 12.0. The fourth-order valence-electron chi connectivity index (χ4n) is 0.968. The summed E-state index contributed by atoms with van der Waals surface area (Å²) in [5, 5.41) is 9.42. The van der Waals surface area contributed by atoms with Crippen molar-refractivity contribution >= 4 is 0 Å². The quantitative estimate of drug-likeness (QED) is 0.742. The van der Waals surface area contributed by atoms with Crippen LogP contribution in [0, 0.1) is 0 Å². The van der Waals surface area contributed by atoms with Crippen LogP contribution in [0.5, 0.6) is 0 Å². The van der Waals surface area contributed by atoms with Crippen molar-refractivity contribution < 1.29 is 18.3 Å². The highest BCUT2D eigenvalue weighted by atomic mass is 19.3. The number of oxazole rings is 1. The molecule has 0 atom stereocenters. The molecule has 66 valence electrons. The van der Waals surface area contributed by atoms with E-state index in [9.17, 15) is 13.9 Å². The second-order valence-electron chi connectivity index (χ2n) is 2.90. The summed E-state index contributed by atoms with van der Waals surface area (Å²) in [6.45, 7) is 0. The predicted octanol–water partition coefficient (Wildman–Crippen LogP) is 1.59. The molecule has 1 saturated carbocycles. The highest BCUT2D eigenvalue weighted by molar-refractivity contribution is 5.14. The highest BCUT2D eigenvalue weighted by Crippen LogP contribution is 2.45. The van der Waals surface area contributed by atoms with Gasteiger partial charge in [0.2, 0.25) is 0 Å². The number of hydrogen-bond acceptors (Lipinski definition) is 3. The zero-order valence-corrected chi connectivity index (χ0v) is 6.13. The molecule has 5 heteroatoms. The van der Waals surface area contributed by atoms with E-state index in [1.54, 1.807) is 0 Å². The van der Waals surface area contributed by atoms with Crippen molar-refractivity contribution in [3.63, 3.8) is 0 Å².